The Morgan fingerprint density at radius 3 is 2.48 bits per heavy atom. The minimum atomic E-state index is -0.525. The topological polar surface area (TPSA) is 91.0 Å². The van der Waals surface area contributed by atoms with Gasteiger partial charge in [-0.3, -0.25) is 4.79 Å². The number of nitrogens with two attached hydrogens (primary N) is 1. The van der Waals surface area contributed by atoms with E-state index < -0.39 is 5.91 Å². The van der Waals surface area contributed by atoms with Crippen molar-refractivity contribution in [1.82, 2.24) is 15.0 Å². The van der Waals surface area contributed by atoms with Gasteiger partial charge in [-0.25, -0.2) is 15.0 Å². The zero-order valence-electron chi connectivity index (χ0n) is 15.8. The van der Waals surface area contributed by atoms with E-state index in [1.165, 1.54) is 16.9 Å². The summed E-state index contributed by atoms with van der Waals surface area (Å²) in [7, 11) is 1.66. The Hall–Kier alpha value is -2.80. The highest BCUT2D eigenvalue weighted by atomic mass is 32.1. The summed E-state index contributed by atoms with van der Waals surface area (Å²) in [6.07, 6.45) is 2.53. The van der Waals surface area contributed by atoms with E-state index >= 15 is 0 Å². The Kier molecular flexibility index (Phi) is 5.23. The molecule has 3 rings (SSSR count). The molecule has 0 unspecified atom stereocenters. The zero-order valence-corrected chi connectivity index (χ0v) is 16.6. The van der Waals surface area contributed by atoms with E-state index in [4.69, 9.17) is 15.5 Å². The first-order chi connectivity index (χ1) is 12.8. The Morgan fingerprint density at radius 1 is 1.19 bits per heavy atom. The monoisotopic (exact) mass is 382 g/mol. The predicted molar refractivity (Wildman–Crippen MR) is 106 cm³/mol. The van der Waals surface area contributed by atoms with Crippen LogP contribution in [0.15, 0.2) is 36.5 Å². The van der Waals surface area contributed by atoms with Crippen LogP contribution in [0.3, 0.4) is 0 Å². The molecule has 2 N–H and O–H groups in total. The van der Waals surface area contributed by atoms with Crippen molar-refractivity contribution in [3.8, 4) is 16.3 Å². The van der Waals surface area contributed by atoms with Crippen molar-refractivity contribution in [1.29, 1.82) is 0 Å². The quantitative estimate of drug-likeness (QED) is 0.704. The fourth-order valence-corrected chi connectivity index (χ4v) is 3.77. The number of rotatable bonds is 6. The molecule has 6 nitrogen and oxygen atoms in total. The third kappa shape index (κ3) is 4.14. The van der Waals surface area contributed by atoms with Gasteiger partial charge in [0.05, 0.1) is 23.4 Å². The van der Waals surface area contributed by atoms with Gasteiger partial charge in [0, 0.05) is 11.6 Å². The standard InChI is InChI=1S/C20H22N4O2S/c1-12-16(27-18(23-12)17(21)25)15-9-10-22-19(24-15)20(2,3)11-13-5-7-14(26-4)8-6-13/h5-10H,11H2,1-4H3,(H2,21,25). The highest BCUT2D eigenvalue weighted by Gasteiger charge is 2.25. The van der Waals surface area contributed by atoms with E-state index in [2.05, 4.69) is 35.9 Å². The average Bonchev–Trinajstić information content (AvgIpc) is 3.04. The lowest BCUT2D eigenvalue weighted by Gasteiger charge is -2.23. The SMILES string of the molecule is COc1ccc(CC(C)(C)c2nccc(-c3sc(C(N)=O)nc3C)n2)cc1. The Labute approximate surface area is 162 Å². The molecular formula is C20H22N4O2S. The summed E-state index contributed by atoms with van der Waals surface area (Å²) in [6, 6.07) is 9.84. The van der Waals surface area contributed by atoms with Crippen molar-refractivity contribution < 1.29 is 9.53 Å². The second-order valence-corrected chi connectivity index (χ2v) is 7.97. The number of aryl methyl sites for hydroxylation is 1. The van der Waals surface area contributed by atoms with E-state index in [-0.39, 0.29) is 5.41 Å². The molecule has 0 bridgehead atoms. The van der Waals surface area contributed by atoms with E-state index in [0.29, 0.717) is 5.01 Å². The van der Waals surface area contributed by atoms with Crippen LogP contribution in [0.2, 0.25) is 0 Å². The number of hydrogen-bond acceptors (Lipinski definition) is 6. The van der Waals surface area contributed by atoms with Gasteiger partial charge in [-0.05, 0) is 37.1 Å². The van der Waals surface area contributed by atoms with Crippen molar-refractivity contribution in [3.05, 3.63) is 58.6 Å². The Bertz CT molecular complexity index is 964. The molecule has 0 fully saturated rings. The third-order valence-corrected chi connectivity index (χ3v) is 5.50. The lowest BCUT2D eigenvalue weighted by Crippen LogP contribution is -2.24. The lowest BCUT2D eigenvalue weighted by molar-refractivity contribution is 0.1000. The second-order valence-electron chi connectivity index (χ2n) is 6.97. The van der Waals surface area contributed by atoms with Crippen LogP contribution < -0.4 is 10.5 Å². The van der Waals surface area contributed by atoms with E-state index in [1.54, 1.807) is 13.3 Å². The highest BCUT2D eigenvalue weighted by Crippen LogP contribution is 2.31. The van der Waals surface area contributed by atoms with Crippen LogP contribution in [-0.4, -0.2) is 28.0 Å². The molecule has 0 atom stereocenters. The number of thiazole rings is 1. The molecule has 0 aliphatic rings. The molecule has 0 radical (unpaired) electrons. The van der Waals surface area contributed by atoms with Crippen molar-refractivity contribution >= 4 is 17.2 Å². The van der Waals surface area contributed by atoms with E-state index in [0.717, 1.165) is 34.3 Å². The first kappa shape index (κ1) is 19.0. The van der Waals surface area contributed by atoms with Crippen molar-refractivity contribution in [2.24, 2.45) is 5.73 Å². The first-order valence-electron chi connectivity index (χ1n) is 8.54. The summed E-state index contributed by atoms with van der Waals surface area (Å²) in [4.78, 5) is 25.7. The molecule has 1 aromatic carbocycles. The number of aromatic nitrogens is 3. The van der Waals surface area contributed by atoms with Gasteiger partial charge in [0.1, 0.15) is 11.6 Å². The van der Waals surface area contributed by atoms with Crippen LogP contribution >= 0.6 is 11.3 Å². The number of methoxy groups -OCH3 is 1. The zero-order chi connectivity index (χ0) is 19.6. The molecule has 27 heavy (non-hydrogen) atoms. The fraction of sp³-hybridized carbons (Fsp3) is 0.300. The summed E-state index contributed by atoms with van der Waals surface area (Å²) in [6.45, 7) is 6.08. The van der Waals surface area contributed by atoms with Crippen LogP contribution in [-0.2, 0) is 11.8 Å². The normalized spacial score (nSPS) is 11.4. The van der Waals surface area contributed by atoms with Crippen LogP contribution in [0.1, 0.15) is 40.7 Å². The molecule has 0 aliphatic heterocycles. The summed E-state index contributed by atoms with van der Waals surface area (Å²) in [5.74, 6) is 1.05. The molecule has 140 valence electrons. The Balaban J connectivity index is 1.90. The van der Waals surface area contributed by atoms with Crippen LogP contribution in [0, 0.1) is 6.92 Å². The molecule has 3 aromatic rings. The van der Waals surface area contributed by atoms with Gasteiger partial charge in [0.25, 0.3) is 5.91 Å². The van der Waals surface area contributed by atoms with Crippen LogP contribution in [0.4, 0.5) is 0 Å². The van der Waals surface area contributed by atoms with Gasteiger partial charge in [0.2, 0.25) is 0 Å². The van der Waals surface area contributed by atoms with Crippen molar-refractivity contribution in [2.45, 2.75) is 32.6 Å². The maximum atomic E-state index is 11.4. The number of carbonyl (C=O) groups excluding carboxylic acids is 1. The molecule has 1 amide bonds. The number of hydrogen-bond donors (Lipinski definition) is 1. The molecule has 0 aliphatic carbocycles. The highest BCUT2D eigenvalue weighted by molar-refractivity contribution is 7.17. The molecule has 0 spiro atoms. The number of carbonyl (C=O) groups is 1. The van der Waals surface area contributed by atoms with Crippen LogP contribution in [0.5, 0.6) is 5.75 Å². The summed E-state index contributed by atoms with van der Waals surface area (Å²) in [5.41, 5.74) is 7.76. The smallest absolute Gasteiger partial charge is 0.277 e. The number of ether oxygens (including phenoxy) is 1. The molecule has 2 heterocycles. The Morgan fingerprint density at radius 2 is 1.89 bits per heavy atom. The largest absolute Gasteiger partial charge is 0.497 e. The number of amides is 1. The molecule has 0 saturated carbocycles. The second kappa shape index (κ2) is 7.44. The molecule has 0 saturated heterocycles. The lowest BCUT2D eigenvalue weighted by atomic mass is 9.84. The van der Waals surface area contributed by atoms with Crippen molar-refractivity contribution in [3.63, 3.8) is 0 Å². The first-order valence-corrected chi connectivity index (χ1v) is 9.36. The molecule has 2 aromatic heterocycles. The van der Waals surface area contributed by atoms with Crippen molar-refractivity contribution in [2.75, 3.05) is 7.11 Å². The van der Waals surface area contributed by atoms with Gasteiger partial charge < -0.3 is 10.5 Å². The van der Waals surface area contributed by atoms with E-state index in [9.17, 15) is 4.79 Å². The maximum Gasteiger partial charge on any atom is 0.277 e. The van der Waals surface area contributed by atoms with Gasteiger partial charge in [-0.2, -0.15) is 0 Å². The summed E-state index contributed by atoms with van der Waals surface area (Å²) >= 11 is 1.26. The van der Waals surface area contributed by atoms with Gasteiger partial charge in [0.15, 0.2) is 5.01 Å². The number of nitrogens with zero attached hydrogens (tertiary/aromatic N) is 3. The maximum absolute atomic E-state index is 11.4. The van der Waals surface area contributed by atoms with E-state index in [1.807, 2.05) is 25.1 Å². The fourth-order valence-electron chi connectivity index (χ4n) is 2.88. The summed E-state index contributed by atoms with van der Waals surface area (Å²) in [5, 5.41) is 0.292. The molecular weight excluding hydrogens is 360 g/mol. The predicted octanol–water partition coefficient (Wildman–Crippen LogP) is 3.54. The van der Waals surface area contributed by atoms with Gasteiger partial charge in [-0.15, -0.1) is 11.3 Å². The number of benzene rings is 1. The third-order valence-electron chi connectivity index (χ3n) is 4.31. The summed E-state index contributed by atoms with van der Waals surface area (Å²) < 4.78 is 5.22. The molecule has 7 heteroatoms. The minimum Gasteiger partial charge on any atom is -0.497 e. The number of primary amides is 1. The average molecular weight is 382 g/mol. The van der Waals surface area contributed by atoms with Crippen LogP contribution in [0.25, 0.3) is 10.6 Å². The van der Waals surface area contributed by atoms with Gasteiger partial charge in [-0.1, -0.05) is 26.0 Å². The van der Waals surface area contributed by atoms with Gasteiger partial charge >= 0.3 is 0 Å². The minimum absolute atomic E-state index is 0.268.